The summed E-state index contributed by atoms with van der Waals surface area (Å²) in [6.45, 7) is 3.38. The lowest BCUT2D eigenvalue weighted by Crippen LogP contribution is -2.28. The van der Waals surface area contributed by atoms with Gasteiger partial charge in [0.15, 0.2) is 11.2 Å². The Kier molecular flexibility index (Phi) is 8.15. The second-order valence-electron chi connectivity index (χ2n) is 11.4. The largest absolute Gasteiger partial charge is 0.396 e. The van der Waals surface area contributed by atoms with Gasteiger partial charge in [-0.2, -0.15) is 5.10 Å². The molecule has 3 aromatic heterocycles. The van der Waals surface area contributed by atoms with E-state index in [1.54, 1.807) is 28.7 Å². The fourth-order valence-corrected chi connectivity index (χ4v) is 7.30. The minimum Gasteiger partial charge on any atom is -0.396 e. The van der Waals surface area contributed by atoms with E-state index in [1.807, 2.05) is 18.2 Å². The zero-order valence-corrected chi connectivity index (χ0v) is 26.0. The Hall–Kier alpha value is -3.35. The monoisotopic (exact) mass is 653 g/mol. The Morgan fingerprint density at radius 2 is 2.05 bits per heavy atom. The van der Waals surface area contributed by atoms with Crippen LogP contribution >= 0.6 is 34.5 Å². The summed E-state index contributed by atoms with van der Waals surface area (Å²) < 4.78 is 17.6. The number of aromatic nitrogens is 5. The van der Waals surface area contributed by atoms with E-state index >= 15 is 0 Å². The number of amides is 1. The smallest absolute Gasteiger partial charge is 0.257 e. The fraction of sp³-hybridized carbons (Fsp3) is 0.355. The Bertz CT molecular complexity index is 1810. The molecule has 2 N–H and O–H groups in total. The molecule has 2 aliphatic heterocycles. The molecule has 13 heteroatoms. The quantitative estimate of drug-likeness (QED) is 0.213. The van der Waals surface area contributed by atoms with Crippen LogP contribution in [0.25, 0.3) is 22.0 Å². The number of likely N-dealkylation sites (tertiary alicyclic amines) is 1. The normalized spacial score (nSPS) is 19.1. The molecule has 2 aromatic carbocycles. The number of hydrogen-bond donors (Lipinski definition) is 2. The van der Waals surface area contributed by atoms with Gasteiger partial charge in [-0.15, -0.1) is 11.3 Å². The van der Waals surface area contributed by atoms with Crippen molar-refractivity contribution in [1.82, 2.24) is 29.2 Å². The molecule has 3 atom stereocenters. The summed E-state index contributed by atoms with van der Waals surface area (Å²) in [5.74, 6) is -0.0195. The lowest BCUT2D eigenvalue weighted by atomic mass is 10.0. The number of nitrogens with zero attached hydrogens (tertiary/aromatic N) is 6. The molecule has 1 amide bonds. The maximum absolute atomic E-state index is 14.3. The molecule has 1 fully saturated rings. The van der Waals surface area contributed by atoms with Crippen molar-refractivity contribution in [2.45, 2.75) is 38.0 Å². The average molecular weight is 655 g/mol. The highest BCUT2D eigenvalue weighted by molar-refractivity contribution is 7.13. The number of aliphatic hydroxyl groups is 1. The van der Waals surface area contributed by atoms with Gasteiger partial charge in [-0.05, 0) is 42.5 Å². The van der Waals surface area contributed by atoms with E-state index in [2.05, 4.69) is 32.3 Å². The van der Waals surface area contributed by atoms with Crippen molar-refractivity contribution >= 4 is 56.5 Å². The number of carbonyl (C=O) groups excluding carboxylic acids is 1. The third kappa shape index (κ3) is 5.63. The molecule has 9 nitrogen and oxygen atoms in total. The van der Waals surface area contributed by atoms with Crippen molar-refractivity contribution in [3.8, 4) is 11.1 Å². The van der Waals surface area contributed by atoms with Crippen LogP contribution in [-0.4, -0.2) is 72.6 Å². The molecule has 44 heavy (non-hydrogen) atoms. The van der Waals surface area contributed by atoms with Crippen LogP contribution in [0.3, 0.4) is 0 Å². The van der Waals surface area contributed by atoms with Gasteiger partial charge in [0, 0.05) is 60.5 Å². The molecule has 0 saturated carbocycles. The van der Waals surface area contributed by atoms with Gasteiger partial charge >= 0.3 is 0 Å². The topological polar surface area (TPSA) is 101 Å². The molecular weight excluding hydrogens is 624 g/mol. The van der Waals surface area contributed by atoms with Crippen LogP contribution in [0.1, 0.15) is 29.4 Å². The number of hydrogen-bond acceptors (Lipinski definition) is 7. The molecule has 5 heterocycles. The number of thiazole rings is 1. The van der Waals surface area contributed by atoms with Crippen LogP contribution in [0.2, 0.25) is 10.0 Å². The first kappa shape index (κ1) is 29.4. The molecule has 0 bridgehead atoms. The lowest BCUT2D eigenvalue weighted by Gasteiger charge is -2.16. The Morgan fingerprint density at radius 1 is 1.20 bits per heavy atom. The number of alkyl halides is 1. The number of fused-ring (bicyclic) bond motifs is 2. The van der Waals surface area contributed by atoms with E-state index in [-0.39, 0.29) is 19.6 Å². The van der Waals surface area contributed by atoms with Gasteiger partial charge < -0.3 is 14.6 Å². The standard InChI is InChI=1S/C31H30Cl2FN7O2S/c32-24-12-22(20-3-1-18(2-4-20)5-8-39-9-6-19(13-39)16-42)26(33)27-23(24)15-41(38-27)29(30(43)37-31-35-7-10-44-31)28-25-11-21(34)14-40(25)17-36-28/h1-4,7,10,12,15,17,19,21,29,42H,5-6,8-9,11,13-14,16H2,(H,35,37,43)/t19?,21-,29?/m1/s1. The van der Waals surface area contributed by atoms with Crippen LogP contribution < -0.4 is 5.32 Å². The molecule has 0 radical (unpaired) electrons. The Morgan fingerprint density at radius 3 is 2.80 bits per heavy atom. The van der Waals surface area contributed by atoms with Gasteiger partial charge in [-0.25, -0.2) is 14.4 Å². The first-order valence-corrected chi connectivity index (χ1v) is 16.2. The van der Waals surface area contributed by atoms with Gasteiger partial charge in [0.25, 0.3) is 5.91 Å². The highest BCUT2D eigenvalue weighted by Gasteiger charge is 2.34. The summed E-state index contributed by atoms with van der Waals surface area (Å²) in [5, 5.41) is 20.7. The van der Waals surface area contributed by atoms with E-state index < -0.39 is 18.1 Å². The number of benzene rings is 2. The zero-order chi connectivity index (χ0) is 30.4. The predicted molar refractivity (Wildman–Crippen MR) is 170 cm³/mol. The first-order chi connectivity index (χ1) is 21.4. The number of imidazole rings is 1. The fourth-order valence-electron chi connectivity index (χ4n) is 6.22. The number of halogens is 3. The van der Waals surface area contributed by atoms with Crippen molar-refractivity contribution in [3.63, 3.8) is 0 Å². The van der Waals surface area contributed by atoms with Crippen LogP contribution in [0.5, 0.6) is 0 Å². The SMILES string of the molecule is O=C(Nc1nccs1)C(c1ncn2c1C[C@@H](F)C2)n1cc2c(Cl)cc(-c3ccc(CCN4CCC(CO)C4)cc3)c(Cl)c2n1. The van der Waals surface area contributed by atoms with E-state index in [0.29, 0.717) is 43.4 Å². The minimum atomic E-state index is -1.04. The number of carbonyl (C=O) groups is 1. The number of anilines is 1. The molecule has 5 aromatic rings. The van der Waals surface area contributed by atoms with Crippen molar-refractivity contribution in [2.75, 3.05) is 31.6 Å². The highest BCUT2D eigenvalue weighted by atomic mass is 35.5. The minimum absolute atomic E-state index is 0.167. The second-order valence-corrected chi connectivity index (χ2v) is 13.1. The average Bonchev–Trinajstić information content (AvgIpc) is 3.85. The van der Waals surface area contributed by atoms with Gasteiger partial charge in [0.2, 0.25) is 0 Å². The van der Waals surface area contributed by atoms with Crippen LogP contribution in [-0.2, 0) is 24.2 Å². The number of nitrogens with one attached hydrogen (secondary N) is 1. The molecule has 2 aliphatic rings. The summed E-state index contributed by atoms with van der Waals surface area (Å²) in [6.07, 6.45) is 5.95. The Balaban J connectivity index is 1.19. The number of rotatable bonds is 9. The van der Waals surface area contributed by atoms with Gasteiger partial charge in [0.1, 0.15) is 11.7 Å². The van der Waals surface area contributed by atoms with E-state index in [4.69, 9.17) is 28.3 Å². The second kappa shape index (κ2) is 12.2. The van der Waals surface area contributed by atoms with E-state index in [0.717, 1.165) is 43.6 Å². The van der Waals surface area contributed by atoms with E-state index in [9.17, 15) is 14.3 Å². The molecule has 1 saturated heterocycles. The summed E-state index contributed by atoms with van der Waals surface area (Å²) in [5.41, 5.74) is 4.39. The Labute approximate surface area is 267 Å². The zero-order valence-electron chi connectivity index (χ0n) is 23.7. The van der Waals surface area contributed by atoms with Gasteiger partial charge in [-0.3, -0.25) is 14.8 Å². The predicted octanol–water partition coefficient (Wildman–Crippen LogP) is 5.64. The van der Waals surface area contributed by atoms with Gasteiger partial charge in [-0.1, -0.05) is 47.5 Å². The van der Waals surface area contributed by atoms with Gasteiger partial charge in [0.05, 0.1) is 28.6 Å². The summed E-state index contributed by atoms with van der Waals surface area (Å²) in [4.78, 5) is 24.8. The molecule has 0 aliphatic carbocycles. The summed E-state index contributed by atoms with van der Waals surface area (Å²) in [6, 6.07) is 9.08. The van der Waals surface area contributed by atoms with Crippen LogP contribution in [0.15, 0.2) is 54.4 Å². The molecule has 228 valence electrons. The molecule has 0 spiro atoms. The van der Waals surface area contributed by atoms with Crippen LogP contribution in [0.4, 0.5) is 9.52 Å². The molecular formula is C31H30Cl2FN7O2S. The number of aliphatic hydroxyl groups excluding tert-OH is 1. The maximum Gasteiger partial charge on any atom is 0.257 e. The third-order valence-electron chi connectivity index (χ3n) is 8.54. The highest BCUT2D eigenvalue weighted by Crippen LogP contribution is 2.39. The van der Waals surface area contributed by atoms with Crippen LogP contribution in [0, 0.1) is 5.92 Å². The summed E-state index contributed by atoms with van der Waals surface area (Å²) in [7, 11) is 0. The molecule has 7 rings (SSSR count). The maximum atomic E-state index is 14.3. The first-order valence-electron chi connectivity index (χ1n) is 14.6. The van der Waals surface area contributed by atoms with Crippen molar-refractivity contribution in [2.24, 2.45) is 5.92 Å². The van der Waals surface area contributed by atoms with Crippen molar-refractivity contribution < 1.29 is 14.3 Å². The van der Waals surface area contributed by atoms with Crippen molar-refractivity contribution in [1.29, 1.82) is 0 Å². The summed E-state index contributed by atoms with van der Waals surface area (Å²) >= 11 is 15.1. The lowest BCUT2D eigenvalue weighted by molar-refractivity contribution is -0.118. The third-order valence-corrected chi connectivity index (χ3v) is 9.92. The molecule has 2 unspecified atom stereocenters. The van der Waals surface area contributed by atoms with E-state index in [1.165, 1.54) is 21.6 Å². The van der Waals surface area contributed by atoms with Crippen molar-refractivity contribution in [3.05, 3.63) is 81.4 Å².